The Bertz CT molecular complexity index is 448. The van der Waals surface area contributed by atoms with E-state index in [1.807, 2.05) is 20.8 Å². The lowest BCUT2D eigenvalue weighted by Gasteiger charge is -2.23. The summed E-state index contributed by atoms with van der Waals surface area (Å²) in [5.41, 5.74) is -0.470. The van der Waals surface area contributed by atoms with Crippen LogP contribution in [-0.4, -0.2) is 68.0 Å². The van der Waals surface area contributed by atoms with Crippen molar-refractivity contribution < 1.29 is 14.3 Å². The molecule has 2 unspecified atom stereocenters. The summed E-state index contributed by atoms with van der Waals surface area (Å²) in [5, 5.41) is 6.34. The van der Waals surface area contributed by atoms with Gasteiger partial charge in [-0.25, -0.2) is 4.79 Å². The highest BCUT2D eigenvalue weighted by atomic mass is 127. The number of carbonyl (C=O) groups is 1. The van der Waals surface area contributed by atoms with Crippen molar-refractivity contribution in [2.24, 2.45) is 4.99 Å². The van der Waals surface area contributed by atoms with Gasteiger partial charge in [-0.15, -0.1) is 24.0 Å². The van der Waals surface area contributed by atoms with Crippen LogP contribution in [0, 0.1) is 0 Å². The van der Waals surface area contributed by atoms with Crippen LogP contribution >= 0.6 is 24.0 Å². The molecule has 0 bridgehead atoms. The summed E-state index contributed by atoms with van der Waals surface area (Å²) in [6.07, 6.45) is 4.26. The van der Waals surface area contributed by atoms with E-state index in [-0.39, 0.29) is 36.1 Å². The predicted molar refractivity (Wildman–Crippen MR) is 110 cm³/mol. The molecule has 2 heterocycles. The number of alkyl carbamates (subject to hydrolysis) is 1. The molecule has 146 valence electrons. The number of carbonyl (C=O) groups excluding carboxylic acids is 1. The van der Waals surface area contributed by atoms with Crippen molar-refractivity contribution in [1.29, 1.82) is 0 Å². The molecule has 0 radical (unpaired) electrons. The Labute approximate surface area is 168 Å². The first-order valence-electron chi connectivity index (χ1n) is 8.94. The van der Waals surface area contributed by atoms with Crippen molar-refractivity contribution in [3.05, 3.63) is 0 Å². The van der Waals surface area contributed by atoms with Crippen LogP contribution in [-0.2, 0) is 9.47 Å². The van der Waals surface area contributed by atoms with E-state index < -0.39 is 5.60 Å². The smallest absolute Gasteiger partial charge is 0.407 e. The zero-order chi connectivity index (χ0) is 17.6. The van der Waals surface area contributed by atoms with Crippen molar-refractivity contribution in [3.8, 4) is 0 Å². The van der Waals surface area contributed by atoms with E-state index in [2.05, 4.69) is 20.5 Å². The minimum absolute atomic E-state index is 0. The van der Waals surface area contributed by atoms with Gasteiger partial charge in [0.2, 0.25) is 0 Å². The number of ether oxygens (including phenoxy) is 2. The van der Waals surface area contributed by atoms with Gasteiger partial charge in [0.1, 0.15) is 5.60 Å². The first kappa shape index (κ1) is 22.3. The minimum Gasteiger partial charge on any atom is -0.444 e. The zero-order valence-corrected chi connectivity index (χ0v) is 18.2. The second-order valence-electron chi connectivity index (χ2n) is 7.48. The Hall–Kier alpha value is -0.770. The molecule has 0 aromatic carbocycles. The van der Waals surface area contributed by atoms with Crippen LogP contribution in [0.25, 0.3) is 0 Å². The topological polar surface area (TPSA) is 75.2 Å². The van der Waals surface area contributed by atoms with Crippen molar-refractivity contribution in [2.75, 3.05) is 33.3 Å². The third kappa shape index (κ3) is 7.98. The molecule has 2 rings (SSSR count). The Kier molecular flexibility index (Phi) is 9.26. The number of hydrogen-bond donors (Lipinski definition) is 2. The fourth-order valence-corrected chi connectivity index (χ4v) is 3.09. The Morgan fingerprint density at radius 1 is 1.36 bits per heavy atom. The minimum atomic E-state index is -0.470. The highest BCUT2D eigenvalue weighted by Crippen LogP contribution is 2.15. The van der Waals surface area contributed by atoms with Gasteiger partial charge < -0.3 is 25.0 Å². The standard InChI is InChI=1S/C17H32N4O3.HI/c1-17(2,3)24-16(22)20-13-8-10-21(12-13)15(18-4)19-9-7-14-6-5-11-23-14;/h13-14H,5-12H2,1-4H3,(H,18,19)(H,20,22);1H. The average molecular weight is 468 g/mol. The molecule has 2 atom stereocenters. The number of rotatable bonds is 4. The maximum Gasteiger partial charge on any atom is 0.407 e. The molecule has 0 spiro atoms. The molecule has 2 N–H and O–H groups in total. The first-order chi connectivity index (χ1) is 11.4. The SMILES string of the molecule is CN=C(NCCC1CCCO1)N1CCC(NC(=O)OC(C)(C)C)C1.I. The number of likely N-dealkylation sites (tertiary alicyclic amines) is 1. The van der Waals surface area contributed by atoms with E-state index in [0.29, 0.717) is 6.10 Å². The maximum absolute atomic E-state index is 11.9. The van der Waals surface area contributed by atoms with Crippen LogP contribution in [0.3, 0.4) is 0 Å². The van der Waals surface area contributed by atoms with Crippen LogP contribution in [0.1, 0.15) is 46.5 Å². The Morgan fingerprint density at radius 3 is 2.72 bits per heavy atom. The summed E-state index contributed by atoms with van der Waals surface area (Å²) < 4.78 is 11.0. The van der Waals surface area contributed by atoms with Crippen molar-refractivity contribution in [2.45, 2.75) is 64.2 Å². The molecule has 2 aliphatic rings. The molecular formula is C17H33IN4O3. The molecule has 7 nitrogen and oxygen atoms in total. The summed E-state index contributed by atoms with van der Waals surface area (Å²) in [5.74, 6) is 0.890. The number of guanidine groups is 1. The fourth-order valence-electron chi connectivity index (χ4n) is 3.09. The highest BCUT2D eigenvalue weighted by molar-refractivity contribution is 14.0. The number of aliphatic imine (C=N–C) groups is 1. The first-order valence-corrected chi connectivity index (χ1v) is 8.94. The average Bonchev–Trinajstić information content (AvgIpc) is 3.13. The lowest BCUT2D eigenvalue weighted by Crippen LogP contribution is -2.44. The molecular weight excluding hydrogens is 435 g/mol. The second kappa shape index (κ2) is 10.4. The van der Waals surface area contributed by atoms with Gasteiger partial charge in [0.25, 0.3) is 0 Å². The molecule has 25 heavy (non-hydrogen) atoms. The van der Waals surface area contributed by atoms with E-state index in [4.69, 9.17) is 9.47 Å². The predicted octanol–water partition coefficient (Wildman–Crippen LogP) is 2.35. The monoisotopic (exact) mass is 468 g/mol. The van der Waals surface area contributed by atoms with Crippen molar-refractivity contribution in [3.63, 3.8) is 0 Å². The summed E-state index contributed by atoms with van der Waals surface area (Å²) in [7, 11) is 1.79. The molecule has 2 fully saturated rings. The van der Waals surface area contributed by atoms with Gasteiger partial charge in [-0.2, -0.15) is 0 Å². The van der Waals surface area contributed by atoms with Gasteiger partial charge in [-0.1, -0.05) is 0 Å². The van der Waals surface area contributed by atoms with E-state index in [9.17, 15) is 4.79 Å². The van der Waals surface area contributed by atoms with Gasteiger partial charge in [-0.3, -0.25) is 4.99 Å². The van der Waals surface area contributed by atoms with Gasteiger partial charge in [0.05, 0.1) is 12.1 Å². The fraction of sp³-hybridized carbons (Fsp3) is 0.882. The number of halogens is 1. The van der Waals surface area contributed by atoms with Gasteiger partial charge in [-0.05, 0) is 46.5 Å². The summed E-state index contributed by atoms with van der Waals surface area (Å²) >= 11 is 0. The quantitative estimate of drug-likeness (QED) is 0.377. The molecule has 8 heteroatoms. The zero-order valence-electron chi connectivity index (χ0n) is 15.8. The van der Waals surface area contributed by atoms with Gasteiger partial charge in [0, 0.05) is 33.3 Å². The molecule has 0 aromatic rings. The molecule has 1 amide bonds. The van der Waals surface area contributed by atoms with Gasteiger partial charge in [0.15, 0.2) is 5.96 Å². The summed E-state index contributed by atoms with van der Waals surface area (Å²) in [4.78, 5) is 18.4. The third-order valence-corrected chi connectivity index (χ3v) is 4.19. The van der Waals surface area contributed by atoms with Crippen molar-refractivity contribution in [1.82, 2.24) is 15.5 Å². The van der Waals surface area contributed by atoms with E-state index in [1.165, 1.54) is 6.42 Å². The van der Waals surface area contributed by atoms with Crippen LogP contribution in [0.2, 0.25) is 0 Å². The van der Waals surface area contributed by atoms with Crippen molar-refractivity contribution >= 4 is 36.0 Å². The second-order valence-corrected chi connectivity index (χ2v) is 7.48. The number of hydrogen-bond acceptors (Lipinski definition) is 4. The number of amides is 1. The normalized spacial score (nSPS) is 24.0. The summed E-state index contributed by atoms with van der Waals surface area (Å²) in [6, 6.07) is 0.0940. The lowest BCUT2D eigenvalue weighted by molar-refractivity contribution is 0.0507. The Morgan fingerprint density at radius 2 is 2.12 bits per heavy atom. The van der Waals surface area contributed by atoms with Gasteiger partial charge >= 0.3 is 6.09 Å². The van der Waals surface area contributed by atoms with E-state index in [1.54, 1.807) is 7.05 Å². The highest BCUT2D eigenvalue weighted by Gasteiger charge is 2.28. The third-order valence-electron chi connectivity index (χ3n) is 4.19. The lowest BCUT2D eigenvalue weighted by atomic mass is 10.2. The maximum atomic E-state index is 11.9. The summed E-state index contributed by atoms with van der Waals surface area (Å²) in [6.45, 7) is 8.98. The molecule has 2 saturated heterocycles. The molecule has 2 aliphatic heterocycles. The number of nitrogens with one attached hydrogen (secondary N) is 2. The van der Waals surface area contributed by atoms with Crippen LogP contribution in [0.5, 0.6) is 0 Å². The van der Waals surface area contributed by atoms with E-state index >= 15 is 0 Å². The Balaban J connectivity index is 0.00000312. The number of nitrogens with zero attached hydrogens (tertiary/aromatic N) is 2. The van der Waals surface area contributed by atoms with E-state index in [0.717, 1.165) is 51.5 Å². The molecule has 0 aromatic heterocycles. The largest absolute Gasteiger partial charge is 0.444 e. The van der Waals surface area contributed by atoms with Crippen LogP contribution in [0.4, 0.5) is 4.79 Å². The van der Waals surface area contributed by atoms with Crippen LogP contribution in [0.15, 0.2) is 4.99 Å². The van der Waals surface area contributed by atoms with Crippen LogP contribution < -0.4 is 10.6 Å². The molecule has 0 aliphatic carbocycles. The molecule has 0 saturated carbocycles.